The third-order valence-corrected chi connectivity index (χ3v) is 9.77. The van der Waals surface area contributed by atoms with Gasteiger partial charge in [0.15, 0.2) is 23.9 Å². The van der Waals surface area contributed by atoms with E-state index >= 15 is 0 Å². The number of aliphatic hydroxyl groups excluding tert-OH is 3. The lowest BCUT2D eigenvalue weighted by atomic mass is 9.99. The van der Waals surface area contributed by atoms with Crippen LogP contribution in [0.5, 0.6) is 11.5 Å². The van der Waals surface area contributed by atoms with Gasteiger partial charge in [-0.3, -0.25) is 14.4 Å². The van der Waals surface area contributed by atoms with Gasteiger partial charge in [0.1, 0.15) is 36.0 Å². The minimum Gasteiger partial charge on any atom is -0.504 e. The van der Waals surface area contributed by atoms with Crippen LogP contribution in [0.1, 0.15) is 128 Å². The number of phenols is 2. The topological polar surface area (TPSA) is 229 Å². The molecule has 0 aromatic heterocycles. The Bertz CT molecular complexity index is 1300. The van der Waals surface area contributed by atoms with E-state index in [0.717, 1.165) is 82.6 Å². The van der Waals surface area contributed by atoms with Gasteiger partial charge in [0.25, 0.3) is 0 Å². The molecule has 1 aliphatic heterocycles. The first-order valence-corrected chi connectivity index (χ1v) is 20.0. The Morgan fingerprint density at radius 1 is 0.745 bits per heavy atom. The van der Waals surface area contributed by atoms with E-state index in [9.17, 15) is 44.7 Å². The number of amides is 1. The van der Waals surface area contributed by atoms with Gasteiger partial charge in [0, 0.05) is 45.9 Å². The molecule has 1 aromatic rings. The Kier molecular flexibility index (Phi) is 24.4. The SMILES string of the molecule is COC(CCC=CCCCCC(=O)CCCCCC(=O)CCCCCCCCCOC1OC(C(=O)O)C(O)C(O)C1O)C(=O)NCCc1ccc(O)c(O)c1. The van der Waals surface area contributed by atoms with Crippen molar-refractivity contribution in [3.63, 3.8) is 0 Å². The van der Waals surface area contributed by atoms with Crippen molar-refractivity contribution in [2.24, 2.45) is 0 Å². The Morgan fingerprint density at radius 3 is 1.91 bits per heavy atom. The highest BCUT2D eigenvalue weighted by Crippen LogP contribution is 2.25. The molecule has 6 atom stereocenters. The Balaban J connectivity index is 1.36. The summed E-state index contributed by atoms with van der Waals surface area (Å²) in [6.07, 6.45) is 11.2. The largest absolute Gasteiger partial charge is 0.504 e. The lowest BCUT2D eigenvalue weighted by molar-refractivity contribution is -0.294. The van der Waals surface area contributed by atoms with Crippen molar-refractivity contribution in [2.75, 3.05) is 20.3 Å². The van der Waals surface area contributed by atoms with Gasteiger partial charge >= 0.3 is 5.97 Å². The second-order valence-corrected chi connectivity index (χ2v) is 14.4. The quantitative estimate of drug-likeness (QED) is 0.0306. The second-order valence-electron chi connectivity index (χ2n) is 14.4. The number of Topliss-reactive ketones (excluding diaryl/α,β-unsaturated/α-hetero) is 2. The van der Waals surface area contributed by atoms with Gasteiger partial charge in [-0.1, -0.05) is 56.7 Å². The number of ketones is 2. The minimum atomic E-state index is -1.73. The average Bonchev–Trinajstić information content (AvgIpc) is 3.15. The number of phenolic OH excluding ortho intramolecular Hbond substituents is 2. The number of benzene rings is 1. The van der Waals surface area contributed by atoms with Crippen LogP contribution < -0.4 is 5.32 Å². The van der Waals surface area contributed by atoms with Gasteiger partial charge in [-0.05, 0) is 81.9 Å². The minimum absolute atomic E-state index is 0.179. The maximum absolute atomic E-state index is 12.4. The van der Waals surface area contributed by atoms with E-state index < -0.39 is 42.8 Å². The molecule has 0 aliphatic carbocycles. The molecule has 55 heavy (non-hydrogen) atoms. The van der Waals surface area contributed by atoms with E-state index in [4.69, 9.17) is 19.3 Å². The molecule has 1 aromatic carbocycles. The second kappa shape index (κ2) is 28.1. The van der Waals surface area contributed by atoms with Gasteiger partial charge in [0.05, 0.1) is 0 Å². The molecular weight excluding hydrogens is 714 g/mol. The number of aliphatic hydroxyl groups is 3. The summed E-state index contributed by atoms with van der Waals surface area (Å²) in [6, 6.07) is 4.58. The van der Waals surface area contributed by atoms with Crippen LogP contribution in [0.4, 0.5) is 0 Å². The fraction of sp³-hybridized carbons (Fsp3) is 0.707. The third kappa shape index (κ3) is 19.8. The highest BCUT2D eigenvalue weighted by Gasteiger charge is 2.47. The summed E-state index contributed by atoms with van der Waals surface area (Å²) in [5.74, 6) is -1.45. The number of aliphatic carboxylic acids is 1. The molecule has 0 bridgehead atoms. The number of ether oxygens (including phenoxy) is 3. The number of hydrogen-bond donors (Lipinski definition) is 7. The molecule has 0 spiro atoms. The molecule has 14 nitrogen and oxygen atoms in total. The molecule has 2 rings (SSSR count). The first-order valence-electron chi connectivity index (χ1n) is 20.0. The van der Waals surface area contributed by atoms with Crippen LogP contribution in [0.3, 0.4) is 0 Å². The number of methoxy groups -OCH3 is 1. The van der Waals surface area contributed by atoms with Crippen LogP contribution in [-0.2, 0) is 39.8 Å². The van der Waals surface area contributed by atoms with Gasteiger partial charge in [-0.15, -0.1) is 0 Å². The van der Waals surface area contributed by atoms with Crippen LogP contribution in [0.15, 0.2) is 30.4 Å². The fourth-order valence-electron chi connectivity index (χ4n) is 6.36. The third-order valence-electron chi connectivity index (χ3n) is 9.77. The highest BCUT2D eigenvalue weighted by atomic mass is 16.7. The highest BCUT2D eigenvalue weighted by molar-refractivity contribution is 5.80. The number of carbonyl (C=O) groups excluding carboxylic acids is 3. The number of carboxylic acids is 1. The zero-order valence-electron chi connectivity index (χ0n) is 32.4. The smallest absolute Gasteiger partial charge is 0.335 e. The van der Waals surface area contributed by atoms with Crippen LogP contribution in [0.25, 0.3) is 0 Å². The molecule has 312 valence electrons. The van der Waals surface area contributed by atoms with Crippen molar-refractivity contribution >= 4 is 23.4 Å². The van der Waals surface area contributed by atoms with Crippen molar-refractivity contribution in [1.82, 2.24) is 5.32 Å². The number of hydrogen-bond acceptors (Lipinski definition) is 12. The molecule has 1 amide bonds. The summed E-state index contributed by atoms with van der Waals surface area (Å²) in [7, 11) is 1.51. The predicted octanol–water partition coefficient (Wildman–Crippen LogP) is 4.79. The molecular formula is C41H65NO13. The Labute approximate surface area is 325 Å². The molecule has 1 fully saturated rings. The number of nitrogens with one attached hydrogen (secondary N) is 1. The molecule has 6 unspecified atom stereocenters. The van der Waals surface area contributed by atoms with Crippen LogP contribution >= 0.6 is 0 Å². The van der Waals surface area contributed by atoms with Crippen molar-refractivity contribution in [3.8, 4) is 11.5 Å². The lowest BCUT2D eigenvalue weighted by Crippen LogP contribution is -2.60. The number of unbranched alkanes of at least 4 members (excludes halogenated alkanes) is 10. The standard InChI is InChI=1S/C41H65NO13/c1-53-34(39(50)42-26-25-29-23-24-32(45)33(46)28-29)22-16-9-5-4-8-13-19-31(44)21-15-11-14-20-30(43)18-12-7-3-2-6-10-17-27-54-41-37(49)35(47)36(48)38(55-41)40(51)52/h5,9,23-24,28,34-38,41,45-49H,2-4,6-8,10-22,25-27H2,1H3,(H,42,50)(H,51,52). The van der Waals surface area contributed by atoms with E-state index in [0.29, 0.717) is 57.9 Å². The van der Waals surface area contributed by atoms with E-state index in [1.54, 1.807) is 6.07 Å². The van der Waals surface area contributed by atoms with E-state index in [2.05, 4.69) is 11.4 Å². The van der Waals surface area contributed by atoms with E-state index in [1.807, 2.05) is 6.08 Å². The molecule has 1 aliphatic rings. The first kappa shape index (κ1) is 47.8. The number of aromatic hydroxyl groups is 2. The monoisotopic (exact) mass is 779 g/mol. The summed E-state index contributed by atoms with van der Waals surface area (Å²) in [4.78, 5) is 48.1. The number of carbonyl (C=O) groups is 4. The van der Waals surface area contributed by atoms with Crippen LogP contribution in [0.2, 0.25) is 0 Å². The maximum atomic E-state index is 12.4. The first-order chi connectivity index (χ1) is 26.4. The van der Waals surface area contributed by atoms with Crippen LogP contribution in [0, 0.1) is 0 Å². The Hall–Kier alpha value is -3.40. The van der Waals surface area contributed by atoms with Crippen molar-refractivity contribution in [3.05, 3.63) is 35.9 Å². The average molecular weight is 780 g/mol. The molecule has 1 saturated heterocycles. The summed E-state index contributed by atoms with van der Waals surface area (Å²) in [5.41, 5.74) is 0.801. The number of allylic oxidation sites excluding steroid dienone is 2. The van der Waals surface area contributed by atoms with Gasteiger partial charge < -0.3 is 50.2 Å². The normalized spacial score (nSPS) is 20.4. The summed E-state index contributed by atoms with van der Waals surface area (Å²) in [5, 5.41) is 60.4. The van der Waals surface area contributed by atoms with E-state index in [1.165, 1.54) is 19.2 Å². The number of carboxylic acid groups (broad SMARTS) is 1. The van der Waals surface area contributed by atoms with Crippen LogP contribution in [-0.4, -0.2) is 111 Å². The molecule has 14 heteroatoms. The maximum Gasteiger partial charge on any atom is 0.335 e. The zero-order valence-corrected chi connectivity index (χ0v) is 32.4. The Morgan fingerprint density at radius 2 is 1.31 bits per heavy atom. The van der Waals surface area contributed by atoms with Crippen molar-refractivity contribution in [1.29, 1.82) is 0 Å². The van der Waals surface area contributed by atoms with E-state index in [-0.39, 0.29) is 35.6 Å². The molecule has 7 N–H and O–H groups in total. The number of rotatable bonds is 31. The zero-order chi connectivity index (χ0) is 40.4. The summed E-state index contributed by atoms with van der Waals surface area (Å²) >= 11 is 0. The summed E-state index contributed by atoms with van der Waals surface area (Å²) < 4.78 is 15.8. The van der Waals surface area contributed by atoms with Gasteiger partial charge in [0.2, 0.25) is 5.91 Å². The van der Waals surface area contributed by atoms with Gasteiger partial charge in [-0.25, -0.2) is 4.79 Å². The van der Waals surface area contributed by atoms with Crippen molar-refractivity contribution < 1.29 is 64.0 Å². The summed E-state index contributed by atoms with van der Waals surface area (Å²) in [6.45, 7) is 0.614. The molecule has 1 heterocycles. The fourth-order valence-corrected chi connectivity index (χ4v) is 6.36. The van der Waals surface area contributed by atoms with Gasteiger partial charge in [-0.2, -0.15) is 0 Å². The lowest BCUT2D eigenvalue weighted by Gasteiger charge is -2.38. The predicted molar refractivity (Wildman–Crippen MR) is 204 cm³/mol. The van der Waals surface area contributed by atoms with Crippen molar-refractivity contribution in [2.45, 2.75) is 165 Å². The molecule has 0 saturated carbocycles. The molecule has 0 radical (unpaired) electrons.